The third kappa shape index (κ3) is 5.76. The summed E-state index contributed by atoms with van der Waals surface area (Å²) in [5.41, 5.74) is 0.873. The van der Waals surface area contributed by atoms with Gasteiger partial charge < -0.3 is 14.8 Å². The molecule has 0 radical (unpaired) electrons. The maximum Gasteiger partial charge on any atom is 0.338 e. The number of anilines is 2. The molecule has 12 heteroatoms. The smallest absolute Gasteiger partial charge is 0.338 e. The van der Waals surface area contributed by atoms with Crippen LogP contribution in [-0.2, 0) is 26.6 Å². The molecule has 4 aromatic rings. The van der Waals surface area contributed by atoms with E-state index in [0.717, 1.165) is 6.07 Å². The molecule has 0 saturated carbocycles. The van der Waals surface area contributed by atoms with Crippen molar-refractivity contribution in [1.82, 2.24) is 9.36 Å². The van der Waals surface area contributed by atoms with E-state index in [0.29, 0.717) is 17.1 Å². The van der Waals surface area contributed by atoms with Gasteiger partial charge in [-0.1, -0.05) is 36.4 Å². The van der Waals surface area contributed by atoms with E-state index < -0.39 is 33.6 Å². The number of amides is 1. The second kappa shape index (κ2) is 11.5. The second-order valence-electron chi connectivity index (χ2n) is 8.81. The molecule has 40 heavy (non-hydrogen) atoms. The number of esters is 1. The number of nitrogens with one attached hydrogen (secondary N) is 2. The van der Waals surface area contributed by atoms with Crippen LogP contribution in [0.3, 0.4) is 0 Å². The molecule has 2 N–H and O–H groups in total. The average molecular weight is 565 g/mol. The molecule has 0 bridgehead atoms. The number of carbonyl (C=O) groups excluding carboxylic acids is 2. The van der Waals surface area contributed by atoms with E-state index >= 15 is 0 Å². The third-order valence-corrected chi connectivity index (χ3v) is 7.55. The first kappa shape index (κ1) is 28.2. The summed E-state index contributed by atoms with van der Waals surface area (Å²) in [4.78, 5) is 38.6. The maximum absolute atomic E-state index is 13.1. The first-order valence-electron chi connectivity index (χ1n) is 12.1. The van der Waals surface area contributed by atoms with Crippen molar-refractivity contribution in [1.29, 1.82) is 0 Å². The third-order valence-electron chi connectivity index (χ3n) is 6.19. The highest BCUT2D eigenvalue weighted by molar-refractivity contribution is 7.92. The van der Waals surface area contributed by atoms with Crippen molar-refractivity contribution in [3.8, 4) is 11.4 Å². The van der Waals surface area contributed by atoms with E-state index in [1.165, 1.54) is 43.0 Å². The van der Waals surface area contributed by atoms with Crippen LogP contribution in [0.25, 0.3) is 5.69 Å². The van der Waals surface area contributed by atoms with Crippen LogP contribution in [0.2, 0.25) is 0 Å². The lowest BCUT2D eigenvalue weighted by molar-refractivity contribution is -0.123. The lowest BCUT2D eigenvalue weighted by atomic mass is 10.2. The minimum absolute atomic E-state index is 0.0507. The van der Waals surface area contributed by atoms with Crippen molar-refractivity contribution in [2.45, 2.75) is 24.8 Å². The summed E-state index contributed by atoms with van der Waals surface area (Å²) in [5, 5.41) is 2.55. The summed E-state index contributed by atoms with van der Waals surface area (Å²) >= 11 is 0. The maximum atomic E-state index is 13.1. The topological polar surface area (TPSA) is 138 Å². The van der Waals surface area contributed by atoms with Gasteiger partial charge in [0.25, 0.3) is 21.5 Å². The average Bonchev–Trinajstić information content (AvgIpc) is 3.16. The van der Waals surface area contributed by atoms with E-state index in [1.54, 1.807) is 61.1 Å². The van der Waals surface area contributed by atoms with Gasteiger partial charge in [-0.2, -0.15) is 0 Å². The van der Waals surface area contributed by atoms with Crippen LogP contribution >= 0.6 is 0 Å². The zero-order chi connectivity index (χ0) is 29.0. The van der Waals surface area contributed by atoms with Gasteiger partial charge >= 0.3 is 5.97 Å². The summed E-state index contributed by atoms with van der Waals surface area (Å²) in [6.45, 7) is 3.03. The van der Waals surface area contributed by atoms with Gasteiger partial charge in [0, 0.05) is 7.05 Å². The van der Waals surface area contributed by atoms with E-state index in [-0.39, 0.29) is 21.8 Å². The Morgan fingerprint density at radius 3 is 2.33 bits per heavy atom. The highest BCUT2D eigenvalue weighted by atomic mass is 32.2. The Morgan fingerprint density at radius 1 is 0.950 bits per heavy atom. The normalized spacial score (nSPS) is 11.9. The second-order valence-corrected chi connectivity index (χ2v) is 10.5. The standard InChI is InChI=1S/C28H28N4O7S/c1-18-25(27(34)32(31(18)3)21-12-6-5-7-13-21)29-26(33)19(2)39-28(35)20-11-10-14-22(17-20)40(36,37)30-23-15-8-9-16-24(23)38-4/h5-17,19,30H,1-4H3,(H,29,33). The fourth-order valence-corrected chi connectivity index (χ4v) is 5.06. The van der Waals surface area contributed by atoms with Crippen LogP contribution in [-0.4, -0.2) is 42.9 Å². The Bertz CT molecular complexity index is 1730. The molecule has 0 spiro atoms. The number of ether oxygens (including phenoxy) is 2. The molecule has 1 amide bonds. The van der Waals surface area contributed by atoms with Crippen molar-refractivity contribution < 1.29 is 27.5 Å². The molecule has 3 aromatic carbocycles. The van der Waals surface area contributed by atoms with E-state index in [1.807, 2.05) is 6.07 Å². The van der Waals surface area contributed by atoms with Crippen LogP contribution < -0.4 is 20.3 Å². The van der Waals surface area contributed by atoms with Crippen molar-refractivity contribution in [2.24, 2.45) is 7.05 Å². The molecule has 0 fully saturated rings. The molecule has 1 atom stereocenters. The van der Waals surface area contributed by atoms with E-state index in [4.69, 9.17) is 9.47 Å². The van der Waals surface area contributed by atoms with Gasteiger partial charge in [0.15, 0.2) is 6.10 Å². The van der Waals surface area contributed by atoms with Gasteiger partial charge in [-0.15, -0.1) is 0 Å². The van der Waals surface area contributed by atoms with Crippen molar-refractivity contribution >= 4 is 33.3 Å². The molecule has 0 aliphatic carbocycles. The molecule has 1 unspecified atom stereocenters. The highest BCUT2D eigenvalue weighted by Gasteiger charge is 2.25. The SMILES string of the molecule is COc1ccccc1NS(=O)(=O)c1cccc(C(=O)OC(C)C(=O)Nc2c(C)n(C)n(-c3ccccc3)c2=O)c1. The van der Waals surface area contributed by atoms with E-state index in [9.17, 15) is 22.8 Å². The number of aromatic nitrogens is 2. The van der Waals surface area contributed by atoms with Crippen LogP contribution in [0.5, 0.6) is 5.75 Å². The number of sulfonamides is 1. The van der Waals surface area contributed by atoms with Gasteiger partial charge in [-0.3, -0.25) is 19.0 Å². The van der Waals surface area contributed by atoms with Gasteiger partial charge in [0.05, 0.1) is 34.6 Å². The Morgan fingerprint density at radius 2 is 1.62 bits per heavy atom. The van der Waals surface area contributed by atoms with Crippen LogP contribution in [0.15, 0.2) is 88.6 Å². The number of nitrogens with zero attached hydrogens (tertiary/aromatic N) is 2. The molecule has 1 aromatic heterocycles. The number of benzene rings is 3. The molecule has 208 valence electrons. The predicted molar refractivity (Wildman–Crippen MR) is 149 cm³/mol. The number of hydrogen-bond acceptors (Lipinski definition) is 7. The molecule has 1 heterocycles. The summed E-state index contributed by atoms with van der Waals surface area (Å²) in [5.74, 6) is -1.31. The van der Waals surface area contributed by atoms with Crippen molar-refractivity contribution in [3.63, 3.8) is 0 Å². The van der Waals surface area contributed by atoms with Gasteiger partial charge in [-0.05, 0) is 56.3 Å². The predicted octanol–water partition coefficient (Wildman–Crippen LogP) is 3.48. The van der Waals surface area contributed by atoms with E-state index in [2.05, 4.69) is 10.0 Å². The summed E-state index contributed by atoms with van der Waals surface area (Å²) in [6.07, 6.45) is -1.29. The van der Waals surface area contributed by atoms with Crippen LogP contribution in [0.1, 0.15) is 23.0 Å². The first-order chi connectivity index (χ1) is 19.0. The minimum Gasteiger partial charge on any atom is -0.495 e. The molecule has 0 saturated heterocycles. The number of methoxy groups -OCH3 is 1. The van der Waals surface area contributed by atoms with Crippen molar-refractivity contribution in [2.75, 3.05) is 17.1 Å². The number of hydrogen-bond donors (Lipinski definition) is 2. The zero-order valence-electron chi connectivity index (χ0n) is 22.2. The minimum atomic E-state index is -4.08. The molecule has 0 aliphatic rings. The number of para-hydroxylation sites is 3. The summed E-state index contributed by atoms with van der Waals surface area (Å²) in [6, 6.07) is 20.6. The fraction of sp³-hybridized carbons (Fsp3) is 0.179. The van der Waals surface area contributed by atoms with Crippen molar-refractivity contribution in [3.05, 3.63) is 100 Å². The van der Waals surface area contributed by atoms with Crippen LogP contribution in [0.4, 0.5) is 11.4 Å². The number of carbonyl (C=O) groups is 2. The monoisotopic (exact) mass is 564 g/mol. The molecular formula is C28H28N4O7S. The largest absolute Gasteiger partial charge is 0.495 e. The number of rotatable bonds is 9. The van der Waals surface area contributed by atoms with Gasteiger partial charge in [0.1, 0.15) is 11.4 Å². The molecule has 11 nitrogen and oxygen atoms in total. The lowest BCUT2D eigenvalue weighted by Gasteiger charge is -2.14. The first-order valence-corrected chi connectivity index (χ1v) is 13.6. The highest BCUT2D eigenvalue weighted by Crippen LogP contribution is 2.26. The Labute approximate surface area is 231 Å². The Balaban J connectivity index is 1.48. The Hall–Kier alpha value is -4.84. The molecular weight excluding hydrogens is 536 g/mol. The van der Waals surface area contributed by atoms with Gasteiger partial charge in [-0.25, -0.2) is 17.9 Å². The quantitative estimate of drug-likeness (QED) is 0.297. The summed E-state index contributed by atoms with van der Waals surface area (Å²) in [7, 11) is -0.975. The Kier molecular flexibility index (Phi) is 8.10. The zero-order valence-corrected chi connectivity index (χ0v) is 23.1. The molecule has 0 aliphatic heterocycles. The van der Waals surface area contributed by atoms with Gasteiger partial charge in [0.2, 0.25) is 0 Å². The lowest BCUT2D eigenvalue weighted by Crippen LogP contribution is -2.32. The fourth-order valence-electron chi connectivity index (χ4n) is 3.94. The van der Waals surface area contributed by atoms with Crippen LogP contribution in [0, 0.1) is 6.92 Å². The summed E-state index contributed by atoms with van der Waals surface area (Å²) < 4.78 is 41.8. The molecule has 4 rings (SSSR count).